The van der Waals surface area contributed by atoms with Crippen LogP contribution in [0.25, 0.3) is 0 Å². The Hall–Kier alpha value is -2.76. The second-order valence-electron chi connectivity index (χ2n) is 6.39. The number of hydrogen-bond donors (Lipinski definition) is 1. The number of hydrogen-bond acceptors (Lipinski definition) is 3. The number of benzene rings is 2. The van der Waals surface area contributed by atoms with Crippen molar-refractivity contribution in [2.75, 3.05) is 26.3 Å². The summed E-state index contributed by atoms with van der Waals surface area (Å²) in [6, 6.07) is 13.9. The van der Waals surface area contributed by atoms with E-state index < -0.39 is 0 Å². The minimum absolute atomic E-state index is 0.0739. The number of likely N-dealkylation sites (tertiary alicyclic amines) is 1. The Bertz CT molecular complexity index is 751. The van der Waals surface area contributed by atoms with E-state index in [1.807, 2.05) is 36.1 Å². The second kappa shape index (κ2) is 9.26. The molecule has 144 valence electrons. The molecular formula is C21H25FN2O3. The van der Waals surface area contributed by atoms with Gasteiger partial charge in [0.15, 0.2) is 0 Å². The highest BCUT2D eigenvalue weighted by atomic mass is 19.1. The van der Waals surface area contributed by atoms with E-state index in [9.17, 15) is 9.18 Å². The predicted molar refractivity (Wildman–Crippen MR) is 102 cm³/mol. The average molecular weight is 372 g/mol. The first-order chi connectivity index (χ1) is 13.2. The van der Waals surface area contributed by atoms with Gasteiger partial charge in [-0.25, -0.2) is 9.18 Å². The lowest BCUT2D eigenvalue weighted by molar-refractivity contribution is 0.190. The van der Waals surface area contributed by atoms with E-state index in [-0.39, 0.29) is 24.5 Å². The van der Waals surface area contributed by atoms with Crippen molar-refractivity contribution in [3.63, 3.8) is 0 Å². The van der Waals surface area contributed by atoms with Crippen molar-refractivity contribution in [2.24, 2.45) is 0 Å². The molecule has 1 atom stereocenters. The van der Waals surface area contributed by atoms with Gasteiger partial charge in [-0.05, 0) is 49.6 Å². The molecule has 1 N–H and O–H groups in total. The van der Waals surface area contributed by atoms with Crippen molar-refractivity contribution in [1.82, 2.24) is 10.2 Å². The average Bonchev–Trinajstić information content (AvgIpc) is 3.16. The lowest BCUT2D eigenvalue weighted by Gasteiger charge is -2.25. The minimum Gasteiger partial charge on any atom is -0.494 e. The van der Waals surface area contributed by atoms with Crippen molar-refractivity contribution >= 4 is 6.03 Å². The summed E-state index contributed by atoms with van der Waals surface area (Å²) in [5.74, 6) is 0.953. The summed E-state index contributed by atoms with van der Waals surface area (Å²) in [4.78, 5) is 14.4. The lowest BCUT2D eigenvalue weighted by Crippen LogP contribution is -2.41. The molecule has 2 amide bonds. The van der Waals surface area contributed by atoms with Crippen LogP contribution in [0.5, 0.6) is 11.5 Å². The SMILES string of the molecule is CCOc1ccc(C2CCCN2C(=O)NCCOc2cccc(F)c2)cc1. The standard InChI is InChI=1S/C21H25FN2O3/c1-2-26-18-10-8-16(9-11-18)20-7-4-13-24(20)21(25)23-12-14-27-19-6-3-5-17(22)15-19/h3,5-6,8-11,15,20H,2,4,7,12-14H2,1H3,(H,23,25). The number of rotatable bonds is 7. The van der Waals surface area contributed by atoms with Gasteiger partial charge in [0, 0.05) is 12.6 Å². The monoisotopic (exact) mass is 372 g/mol. The van der Waals surface area contributed by atoms with Crippen LogP contribution in [0.1, 0.15) is 31.4 Å². The van der Waals surface area contributed by atoms with Crippen molar-refractivity contribution in [1.29, 1.82) is 0 Å². The van der Waals surface area contributed by atoms with E-state index in [1.165, 1.54) is 12.1 Å². The van der Waals surface area contributed by atoms with Gasteiger partial charge in [-0.2, -0.15) is 0 Å². The third-order valence-electron chi connectivity index (χ3n) is 4.53. The summed E-state index contributed by atoms with van der Waals surface area (Å²) in [7, 11) is 0. The Labute approximate surface area is 159 Å². The number of nitrogens with zero attached hydrogens (tertiary/aromatic N) is 1. The van der Waals surface area contributed by atoms with Crippen molar-refractivity contribution in [3.8, 4) is 11.5 Å². The summed E-state index contributed by atoms with van der Waals surface area (Å²) in [6.07, 6.45) is 1.92. The normalized spacial score (nSPS) is 16.2. The largest absolute Gasteiger partial charge is 0.494 e. The second-order valence-corrected chi connectivity index (χ2v) is 6.39. The fraction of sp³-hybridized carbons (Fsp3) is 0.381. The van der Waals surface area contributed by atoms with Gasteiger partial charge < -0.3 is 19.7 Å². The molecule has 6 heteroatoms. The van der Waals surface area contributed by atoms with Gasteiger partial charge >= 0.3 is 6.03 Å². The van der Waals surface area contributed by atoms with Gasteiger partial charge in [-0.3, -0.25) is 0 Å². The van der Waals surface area contributed by atoms with Crippen molar-refractivity contribution in [2.45, 2.75) is 25.8 Å². The van der Waals surface area contributed by atoms with E-state index in [1.54, 1.807) is 12.1 Å². The Balaban J connectivity index is 1.49. The maximum Gasteiger partial charge on any atom is 0.318 e. The molecule has 2 aromatic rings. The van der Waals surface area contributed by atoms with E-state index in [4.69, 9.17) is 9.47 Å². The molecule has 2 aromatic carbocycles. The topological polar surface area (TPSA) is 50.8 Å². The van der Waals surface area contributed by atoms with Gasteiger partial charge in [0.25, 0.3) is 0 Å². The first kappa shape index (κ1) is 19.0. The Morgan fingerprint density at radius 2 is 2.00 bits per heavy atom. The summed E-state index contributed by atoms with van der Waals surface area (Å²) in [6.45, 7) is 3.97. The van der Waals surface area contributed by atoms with Gasteiger partial charge in [0.1, 0.15) is 23.9 Å². The maximum atomic E-state index is 13.1. The molecular weight excluding hydrogens is 347 g/mol. The van der Waals surface area contributed by atoms with Gasteiger partial charge in [-0.1, -0.05) is 18.2 Å². The van der Waals surface area contributed by atoms with E-state index in [0.29, 0.717) is 18.9 Å². The molecule has 1 heterocycles. The van der Waals surface area contributed by atoms with Gasteiger partial charge in [0.2, 0.25) is 0 Å². The number of carbonyl (C=O) groups is 1. The fourth-order valence-corrected chi connectivity index (χ4v) is 3.29. The zero-order chi connectivity index (χ0) is 19.1. The molecule has 1 aliphatic heterocycles. The van der Waals surface area contributed by atoms with Crippen LogP contribution in [0.15, 0.2) is 48.5 Å². The van der Waals surface area contributed by atoms with Crippen LogP contribution in [-0.2, 0) is 0 Å². The van der Waals surface area contributed by atoms with Gasteiger partial charge in [0.05, 0.1) is 19.2 Å². The zero-order valence-corrected chi connectivity index (χ0v) is 15.5. The van der Waals surface area contributed by atoms with Crippen LogP contribution in [0, 0.1) is 5.82 Å². The molecule has 3 rings (SSSR count). The molecule has 0 aliphatic carbocycles. The number of carbonyl (C=O) groups excluding carboxylic acids is 1. The van der Waals surface area contributed by atoms with Crippen LogP contribution in [-0.4, -0.2) is 37.2 Å². The highest BCUT2D eigenvalue weighted by Gasteiger charge is 2.29. The highest BCUT2D eigenvalue weighted by Crippen LogP contribution is 2.32. The minimum atomic E-state index is -0.341. The number of ether oxygens (including phenoxy) is 2. The molecule has 1 fully saturated rings. The first-order valence-corrected chi connectivity index (χ1v) is 9.33. The van der Waals surface area contributed by atoms with E-state index in [2.05, 4.69) is 5.32 Å². The van der Waals surface area contributed by atoms with Crippen molar-refractivity contribution < 1.29 is 18.7 Å². The third-order valence-corrected chi connectivity index (χ3v) is 4.53. The Morgan fingerprint density at radius 3 is 2.74 bits per heavy atom. The van der Waals surface area contributed by atoms with Crippen LogP contribution in [0.2, 0.25) is 0 Å². The summed E-state index contributed by atoms with van der Waals surface area (Å²) < 4.78 is 24.1. The number of urea groups is 1. The van der Waals surface area contributed by atoms with Crippen molar-refractivity contribution in [3.05, 3.63) is 59.9 Å². The molecule has 0 spiro atoms. The molecule has 0 aromatic heterocycles. The predicted octanol–water partition coefficient (Wildman–Crippen LogP) is 4.15. The summed E-state index contributed by atoms with van der Waals surface area (Å²) in [5.41, 5.74) is 1.11. The number of halogens is 1. The molecule has 0 bridgehead atoms. The molecule has 1 saturated heterocycles. The smallest absolute Gasteiger partial charge is 0.318 e. The lowest BCUT2D eigenvalue weighted by atomic mass is 10.0. The Kier molecular flexibility index (Phi) is 6.52. The van der Waals surface area contributed by atoms with Gasteiger partial charge in [-0.15, -0.1) is 0 Å². The number of amides is 2. The first-order valence-electron chi connectivity index (χ1n) is 9.33. The molecule has 1 aliphatic rings. The summed E-state index contributed by atoms with van der Waals surface area (Å²) >= 11 is 0. The summed E-state index contributed by atoms with van der Waals surface area (Å²) in [5, 5.41) is 2.88. The quantitative estimate of drug-likeness (QED) is 0.743. The highest BCUT2D eigenvalue weighted by molar-refractivity contribution is 5.75. The van der Waals surface area contributed by atoms with Crippen LogP contribution < -0.4 is 14.8 Å². The van der Waals surface area contributed by atoms with Crippen LogP contribution in [0.4, 0.5) is 9.18 Å². The van der Waals surface area contributed by atoms with E-state index in [0.717, 1.165) is 30.7 Å². The number of nitrogens with one attached hydrogen (secondary N) is 1. The van der Waals surface area contributed by atoms with Crippen LogP contribution in [0.3, 0.4) is 0 Å². The van der Waals surface area contributed by atoms with Crippen LogP contribution >= 0.6 is 0 Å². The fourth-order valence-electron chi connectivity index (χ4n) is 3.29. The third kappa shape index (κ3) is 5.12. The molecule has 27 heavy (non-hydrogen) atoms. The molecule has 1 unspecified atom stereocenters. The molecule has 5 nitrogen and oxygen atoms in total. The maximum absolute atomic E-state index is 13.1. The van der Waals surface area contributed by atoms with E-state index >= 15 is 0 Å². The zero-order valence-electron chi connectivity index (χ0n) is 15.5. The molecule has 0 radical (unpaired) electrons. The Morgan fingerprint density at radius 1 is 1.19 bits per heavy atom. The molecule has 0 saturated carbocycles.